The Balaban J connectivity index is 2.07. The fraction of sp³-hybridized carbons (Fsp3) is 0.500. The van der Waals surface area contributed by atoms with Crippen LogP contribution in [0.1, 0.15) is 18.8 Å². The predicted molar refractivity (Wildman–Crippen MR) is 39.8 cm³/mol. The van der Waals surface area contributed by atoms with E-state index in [-0.39, 0.29) is 12.6 Å². The molecule has 1 aliphatic rings. The fourth-order valence-corrected chi connectivity index (χ4v) is 1.18. The molecule has 3 nitrogen and oxygen atoms in total. The molecule has 1 aromatic heterocycles. The van der Waals surface area contributed by atoms with Gasteiger partial charge in [0.2, 0.25) is 0 Å². The lowest BCUT2D eigenvalue weighted by Gasteiger charge is -2.33. The van der Waals surface area contributed by atoms with Crippen molar-refractivity contribution in [2.24, 2.45) is 7.05 Å². The van der Waals surface area contributed by atoms with Crippen LogP contribution in [0.5, 0.6) is 0 Å². The van der Waals surface area contributed by atoms with Crippen molar-refractivity contribution in [3.8, 4) is 0 Å². The molecule has 1 fully saturated rings. The standard InChI is InChI=1S/C8H11NO2/c1-6-10-8(11-6)7-3-4-9(2)5-7/h3-6,8H,1-2H3. The number of hydrogen-bond donors (Lipinski definition) is 0. The van der Waals surface area contributed by atoms with Crippen LogP contribution in [0.15, 0.2) is 18.5 Å². The highest BCUT2D eigenvalue weighted by Crippen LogP contribution is 2.30. The van der Waals surface area contributed by atoms with Gasteiger partial charge in [0.05, 0.1) is 0 Å². The molecule has 0 aliphatic carbocycles. The summed E-state index contributed by atoms with van der Waals surface area (Å²) in [5.74, 6) is 0. The maximum absolute atomic E-state index is 5.30. The Morgan fingerprint density at radius 2 is 2.18 bits per heavy atom. The predicted octanol–water partition coefficient (Wildman–Crippen LogP) is 1.42. The van der Waals surface area contributed by atoms with Gasteiger partial charge in [0.15, 0.2) is 12.6 Å². The van der Waals surface area contributed by atoms with Crippen molar-refractivity contribution in [2.45, 2.75) is 19.5 Å². The summed E-state index contributed by atoms with van der Waals surface area (Å²) < 4.78 is 12.6. The zero-order valence-corrected chi connectivity index (χ0v) is 6.65. The lowest BCUT2D eigenvalue weighted by Crippen LogP contribution is -2.31. The van der Waals surface area contributed by atoms with Gasteiger partial charge in [0.25, 0.3) is 0 Å². The minimum atomic E-state index is -0.133. The van der Waals surface area contributed by atoms with Crippen LogP contribution in [-0.4, -0.2) is 10.9 Å². The van der Waals surface area contributed by atoms with Crippen LogP contribution in [0.3, 0.4) is 0 Å². The number of nitrogens with zero attached hydrogens (tertiary/aromatic N) is 1. The van der Waals surface area contributed by atoms with Crippen LogP contribution in [-0.2, 0) is 16.5 Å². The Hall–Kier alpha value is -0.800. The Kier molecular flexibility index (Phi) is 1.47. The average Bonchev–Trinajstić information content (AvgIpc) is 2.29. The van der Waals surface area contributed by atoms with Crippen molar-refractivity contribution in [1.29, 1.82) is 0 Å². The summed E-state index contributed by atoms with van der Waals surface area (Å²) in [6.07, 6.45) is 3.80. The van der Waals surface area contributed by atoms with Gasteiger partial charge < -0.3 is 14.0 Å². The van der Waals surface area contributed by atoms with E-state index in [1.54, 1.807) is 0 Å². The smallest absolute Gasteiger partial charge is 0.191 e. The molecule has 0 spiro atoms. The monoisotopic (exact) mass is 153 g/mol. The number of aromatic nitrogens is 1. The number of aryl methyl sites for hydroxylation is 1. The largest absolute Gasteiger partial charge is 0.357 e. The fourth-order valence-electron chi connectivity index (χ4n) is 1.18. The normalized spacial score (nSPS) is 30.0. The third kappa shape index (κ3) is 1.17. The van der Waals surface area contributed by atoms with Crippen molar-refractivity contribution < 1.29 is 9.47 Å². The van der Waals surface area contributed by atoms with Gasteiger partial charge in [-0.3, -0.25) is 0 Å². The second-order valence-electron chi connectivity index (χ2n) is 2.78. The Morgan fingerprint density at radius 3 is 2.64 bits per heavy atom. The molecule has 0 saturated carbocycles. The lowest BCUT2D eigenvalue weighted by atomic mass is 10.3. The highest BCUT2D eigenvalue weighted by molar-refractivity contribution is 5.12. The van der Waals surface area contributed by atoms with Gasteiger partial charge >= 0.3 is 0 Å². The van der Waals surface area contributed by atoms with E-state index >= 15 is 0 Å². The van der Waals surface area contributed by atoms with E-state index in [4.69, 9.17) is 9.47 Å². The Morgan fingerprint density at radius 1 is 1.45 bits per heavy atom. The molecule has 0 amide bonds. The van der Waals surface area contributed by atoms with Gasteiger partial charge in [-0.05, 0) is 13.0 Å². The maximum Gasteiger partial charge on any atom is 0.191 e. The van der Waals surface area contributed by atoms with Crippen LogP contribution >= 0.6 is 0 Å². The van der Waals surface area contributed by atoms with Crippen LogP contribution in [0.4, 0.5) is 0 Å². The van der Waals surface area contributed by atoms with E-state index in [1.165, 1.54) is 0 Å². The minimum absolute atomic E-state index is 0.0415. The van der Waals surface area contributed by atoms with E-state index in [0.29, 0.717) is 0 Å². The van der Waals surface area contributed by atoms with Gasteiger partial charge in [-0.15, -0.1) is 0 Å². The molecule has 2 rings (SSSR count). The molecule has 2 heterocycles. The number of ether oxygens (including phenoxy) is 2. The molecule has 0 radical (unpaired) electrons. The first kappa shape index (κ1) is 6.88. The number of rotatable bonds is 1. The third-order valence-corrected chi connectivity index (χ3v) is 1.76. The summed E-state index contributed by atoms with van der Waals surface area (Å²) in [6.45, 7) is 1.89. The molecule has 3 heteroatoms. The van der Waals surface area contributed by atoms with Gasteiger partial charge in [-0.1, -0.05) is 0 Å². The molecule has 0 aromatic carbocycles. The molecule has 0 atom stereocenters. The molecule has 60 valence electrons. The van der Waals surface area contributed by atoms with Crippen molar-refractivity contribution in [2.75, 3.05) is 0 Å². The number of hydrogen-bond acceptors (Lipinski definition) is 2. The molecule has 1 aromatic rings. The molecule has 0 unspecified atom stereocenters. The SMILES string of the molecule is CC1OC(c2ccn(C)c2)O1. The van der Waals surface area contributed by atoms with Crippen molar-refractivity contribution in [3.63, 3.8) is 0 Å². The van der Waals surface area contributed by atoms with E-state index in [9.17, 15) is 0 Å². The van der Waals surface area contributed by atoms with Crippen LogP contribution in [0.2, 0.25) is 0 Å². The molecule has 1 aliphatic heterocycles. The second kappa shape index (κ2) is 2.36. The van der Waals surface area contributed by atoms with E-state index in [1.807, 2.05) is 37.0 Å². The van der Waals surface area contributed by atoms with Crippen molar-refractivity contribution in [3.05, 3.63) is 24.0 Å². The zero-order valence-electron chi connectivity index (χ0n) is 6.65. The summed E-state index contributed by atoms with van der Waals surface area (Å²) in [5, 5.41) is 0. The highest BCUT2D eigenvalue weighted by Gasteiger charge is 2.28. The first-order valence-electron chi connectivity index (χ1n) is 3.68. The molecule has 1 saturated heterocycles. The highest BCUT2D eigenvalue weighted by atomic mass is 16.9. The van der Waals surface area contributed by atoms with Crippen LogP contribution in [0, 0.1) is 0 Å². The van der Waals surface area contributed by atoms with Crippen molar-refractivity contribution >= 4 is 0 Å². The average molecular weight is 153 g/mol. The Bertz CT molecular complexity index is 250. The van der Waals surface area contributed by atoms with Gasteiger partial charge in [0.1, 0.15) is 0 Å². The molecular weight excluding hydrogens is 142 g/mol. The van der Waals surface area contributed by atoms with Crippen LogP contribution in [0.25, 0.3) is 0 Å². The zero-order chi connectivity index (χ0) is 7.84. The molecular formula is C8H11NO2. The summed E-state index contributed by atoms with van der Waals surface area (Å²) in [7, 11) is 1.98. The maximum atomic E-state index is 5.30. The summed E-state index contributed by atoms with van der Waals surface area (Å²) in [4.78, 5) is 0. The van der Waals surface area contributed by atoms with E-state index in [0.717, 1.165) is 5.56 Å². The summed E-state index contributed by atoms with van der Waals surface area (Å²) >= 11 is 0. The van der Waals surface area contributed by atoms with E-state index < -0.39 is 0 Å². The van der Waals surface area contributed by atoms with Gasteiger partial charge in [-0.2, -0.15) is 0 Å². The Labute approximate surface area is 65.5 Å². The van der Waals surface area contributed by atoms with E-state index in [2.05, 4.69) is 0 Å². The van der Waals surface area contributed by atoms with Gasteiger partial charge in [0, 0.05) is 25.0 Å². The third-order valence-electron chi connectivity index (χ3n) is 1.76. The summed E-state index contributed by atoms with van der Waals surface area (Å²) in [5.41, 5.74) is 1.09. The topological polar surface area (TPSA) is 23.4 Å². The van der Waals surface area contributed by atoms with Crippen LogP contribution < -0.4 is 0 Å². The minimum Gasteiger partial charge on any atom is -0.357 e. The molecule has 0 N–H and O–H groups in total. The quantitative estimate of drug-likeness (QED) is 0.609. The van der Waals surface area contributed by atoms with Gasteiger partial charge in [-0.25, -0.2) is 0 Å². The van der Waals surface area contributed by atoms with Crippen molar-refractivity contribution in [1.82, 2.24) is 4.57 Å². The lowest BCUT2D eigenvalue weighted by molar-refractivity contribution is -0.382. The first-order chi connectivity index (χ1) is 5.25. The summed E-state index contributed by atoms with van der Waals surface area (Å²) in [6, 6.07) is 2.00. The second-order valence-corrected chi connectivity index (χ2v) is 2.78. The molecule has 11 heavy (non-hydrogen) atoms. The first-order valence-corrected chi connectivity index (χ1v) is 3.68. The molecule has 0 bridgehead atoms.